The molecule has 4 atom stereocenters. The second-order valence-corrected chi connectivity index (χ2v) is 9.79. The minimum Gasteiger partial charge on any atom is -0.469 e. The van der Waals surface area contributed by atoms with Crippen LogP contribution in [-0.4, -0.2) is 45.0 Å². The third-order valence-electron chi connectivity index (χ3n) is 7.35. The number of aryl methyl sites for hydroxylation is 1. The molecular formula is C26H22ClFN6O3. The first-order valence-corrected chi connectivity index (χ1v) is 12.0. The smallest absolute Gasteiger partial charge is 0.254 e. The number of aromatic nitrogens is 1. The van der Waals surface area contributed by atoms with Crippen LogP contribution in [0.25, 0.3) is 0 Å². The van der Waals surface area contributed by atoms with Crippen LogP contribution in [0.4, 0.5) is 4.39 Å². The van der Waals surface area contributed by atoms with Gasteiger partial charge in [0.15, 0.2) is 5.41 Å². The van der Waals surface area contributed by atoms with Crippen LogP contribution in [0.1, 0.15) is 34.4 Å². The molecule has 0 bridgehead atoms. The van der Waals surface area contributed by atoms with Crippen molar-refractivity contribution in [3.05, 3.63) is 98.5 Å². The van der Waals surface area contributed by atoms with Crippen LogP contribution in [0.5, 0.6) is 0 Å². The van der Waals surface area contributed by atoms with Crippen LogP contribution < -0.4 is 0 Å². The molecule has 0 aliphatic carbocycles. The highest BCUT2D eigenvalue weighted by molar-refractivity contribution is 6.29. The van der Waals surface area contributed by atoms with Crippen LogP contribution in [0.3, 0.4) is 0 Å². The molecule has 2 aliphatic heterocycles. The Morgan fingerprint density at radius 3 is 2.65 bits per heavy atom. The fraction of sp³-hybridized carbons (Fsp3) is 0.346. The maximum atomic E-state index is 15.5. The van der Waals surface area contributed by atoms with Crippen molar-refractivity contribution in [3.8, 4) is 12.1 Å². The third kappa shape index (κ3) is 4.04. The van der Waals surface area contributed by atoms with E-state index in [-0.39, 0.29) is 11.3 Å². The molecule has 0 spiro atoms. The van der Waals surface area contributed by atoms with Gasteiger partial charge in [0.2, 0.25) is 0 Å². The predicted octanol–water partition coefficient (Wildman–Crippen LogP) is 4.44. The van der Waals surface area contributed by atoms with Crippen molar-refractivity contribution in [3.63, 3.8) is 0 Å². The quantitative estimate of drug-likeness (QED) is 0.275. The highest BCUT2D eigenvalue weighted by Gasteiger charge is 2.68. The first kappa shape index (κ1) is 24.8. The number of nitrogens with zero attached hydrogens (tertiary/aromatic N) is 6. The molecule has 3 aromatic rings. The Kier molecular flexibility index (Phi) is 6.42. The van der Waals surface area contributed by atoms with E-state index >= 15 is 4.39 Å². The van der Waals surface area contributed by atoms with Crippen molar-refractivity contribution in [1.29, 1.82) is 10.5 Å². The molecule has 11 heteroatoms. The molecule has 0 N–H and O–H groups in total. The minimum atomic E-state index is -2.00. The lowest BCUT2D eigenvalue weighted by atomic mass is 9.62. The highest BCUT2D eigenvalue weighted by atomic mass is 35.5. The fourth-order valence-electron chi connectivity index (χ4n) is 5.85. The number of halogens is 2. The summed E-state index contributed by atoms with van der Waals surface area (Å²) in [6, 6.07) is 12.8. The van der Waals surface area contributed by atoms with E-state index < -0.39 is 40.3 Å². The van der Waals surface area contributed by atoms with Crippen molar-refractivity contribution in [2.24, 2.45) is 5.41 Å². The van der Waals surface area contributed by atoms with E-state index in [0.717, 1.165) is 5.56 Å². The molecule has 0 radical (unpaired) electrons. The molecule has 4 unspecified atom stereocenters. The number of hydrogen-bond donors (Lipinski definition) is 0. The van der Waals surface area contributed by atoms with Crippen molar-refractivity contribution in [1.82, 2.24) is 14.8 Å². The Hall–Kier alpha value is -3.83. The zero-order valence-electron chi connectivity index (χ0n) is 19.8. The predicted molar refractivity (Wildman–Crippen MR) is 130 cm³/mol. The van der Waals surface area contributed by atoms with E-state index in [1.165, 1.54) is 18.4 Å². The fourth-order valence-corrected chi connectivity index (χ4v) is 5.96. The summed E-state index contributed by atoms with van der Waals surface area (Å²) in [5.74, 6) is -1.69. The molecule has 5 rings (SSSR count). The van der Waals surface area contributed by atoms with Gasteiger partial charge < -0.3 is 4.42 Å². The molecule has 2 aromatic heterocycles. The Balaban J connectivity index is 1.71. The number of nitro groups is 1. The third-order valence-corrected chi connectivity index (χ3v) is 7.57. The maximum Gasteiger partial charge on any atom is 0.254 e. The molecule has 0 saturated carbocycles. The lowest BCUT2D eigenvalue weighted by molar-refractivity contribution is -0.547. The van der Waals surface area contributed by atoms with E-state index in [1.54, 1.807) is 48.4 Å². The van der Waals surface area contributed by atoms with Gasteiger partial charge in [-0.15, -0.1) is 0 Å². The van der Waals surface area contributed by atoms with Gasteiger partial charge in [-0.25, -0.2) is 9.37 Å². The first-order chi connectivity index (χ1) is 17.8. The van der Waals surface area contributed by atoms with Gasteiger partial charge in [-0.05, 0) is 42.3 Å². The summed E-state index contributed by atoms with van der Waals surface area (Å²) in [5, 5.41) is 34.1. The Morgan fingerprint density at radius 1 is 1.27 bits per heavy atom. The molecule has 4 heterocycles. The van der Waals surface area contributed by atoms with Gasteiger partial charge in [0.05, 0.1) is 24.4 Å². The summed E-state index contributed by atoms with van der Waals surface area (Å²) in [5.41, 5.74) is -0.386. The number of fused-ring (bicyclic) bond motifs is 1. The summed E-state index contributed by atoms with van der Waals surface area (Å²) in [7, 11) is 0. The summed E-state index contributed by atoms with van der Waals surface area (Å²) < 4.78 is 21.1. The topological polar surface area (TPSA) is 123 Å². The normalized spacial score (nSPS) is 25.2. The van der Waals surface area contributed by atoms with Gasteiger partial charge in [-0.3, -0.25) is 19.9 Å². The number of benzene rings is 1. The Labute approximate surface area is 217 Å². The molecule has 9 nitrogen and oxygen atoms in total. The lowest BCUT2D eigenvalue weighted by Crippen LogP contribution is -2.64. The van der Waals surface area contributed by atoms with Gasteiger partial charge >= 0.3 is 0 Å². The van der Waals surface area contributed by atoms with Crippen LogP contribution in [-0.2, 0) is 6.54 Å². The van der Waals surface area contributed by atoms with E-state index in [4.69, 9.17) is 16.0 Å². The summed E-state index contributed by atoms with van der Waals surface area (Å²) >= 11 is 5.93. The summed E-state index contributed by atoms with van der Waals surface area (Å²) in [4.78, 5) is 20.0. The average molecular weight is 521 g/mol. The zero-order chi connectivity index (χ0) is 26.3. The lowest BCUT2D eigenvalue weighted by Gasteiger charge is -2.50. The monoisotopic (exact) mass is 520 g/mol. The molecule has 2 fully saturated rings. The van der Waals surface area contributed by atoms with Gasteiger partial charge in [0.25, 0.3) is 6.04 Å². The molecule has 188 valence electrons. The van der Waals surface area contributed by atoms with E-state index in [2.05, 4.69) is 17.1 Å². The molecule has 2 aliphatic rings. The van der Waals surface area contributed by atoms with E-state index in [9.17, 15) is 20.6 Å². The van der Waals surface area contributed by atoms with Crippen molar-refractivity contribution in [2.75, 3.05) is 13.1 Å². The van der Waals surface area contributed by atoms with Crippen molar-refractivity contribution in [2.45, 2.75) is 37.6 Å². The molecule has 1 aromatic carbocycles. The highest BCUT2D eigenvalue weighted by Crippen LogP contribution is 2.57. The number of nitriles is 2. The Bertz CT molecular complexity index is 1390. The first-order valence-electron chi connectivity index (χ1n) is 11.7. The molecule has 37 heavy (non-hydrogen) atoms. The summed E-state index contributed by atoms with van der Waals surface area (Å²) in [6.07, 6.45) is 2.11. The van der Waals surface area contributed by atoms with Crippen molar-refractivity contribution >= 4 is 11.6 Å². The maximum absolute atomic E-state index is 15.5. The number of rotatable bonds is 5. The number of piperidine rings is 1. The van der Waals surface area contributed by atoms with E-state index in [1.807, 2.05) is 4.90 Å². The van der Waals surface area contributed by atoms with Gasteiger partial charge in [0, 0.05) is 36.3 Å². The van der Waals surface area contributed by atoms with Crippen LogP contribution in [0, 0.1) is 50.9 Å². The molecular weight excluding hydrogens is 499 g/mol. The Morgan fingerprint density at radius 2 is 2.05 bits per heavy atom. The zero-order valence-corrected chi connectivity index (χ0v) is 20.5. The van der Waals surface area contributed by atoms with Crippen LogP contribution in [0.2, 0.25) is 5.15 Å². The standard InChI is InChI=1S/C26H22ClFN6O3/c1-16-4-6-18(19(28)11-16)24-26(14-29,15-30)22(20-3-2-10-37-20)23(34(35)36)25-32(8-9-33(24)25)13-17-5-7-21(27)31-12-17/h2-7,10-12,22-25H,8-9,13H2,1H3. The van der Waals surface area contributed by atoms with Crippen LogP contribution >= 0.6 is 11.6 Å². The second kappa shape index (κ2) is 9.56. The average Bonchev–Trinajstić information content (AvgIpc) is 3.55. The summed E-state index contributed by atoms with van der Waals surface area (Å²) in [6.45, 7) is 2.75. The minimum absolute atomic E-state index is 0.141. The van der Waals surface area contributed by atoms with E-state index in [0.29, 0.717) is 30.4 Å². The van der Waals surface area contributed by atoms with Gasteiger partial charge in [-0.2, -0.15) is 10.5 Å². The second-order valence-electron chi connectivity index (χ2n) is 9.40. The number of pyridine rings is 1. The van der Waals surface area contributed by atoms with Crippen LogP contribution in [0.15, 0.2) is 59.3 Å². The van der Waals surface area contributed by atoms with Gasteiger partial charge in [0.1, 0.15) is 28.8 Å². The SMILES string of the molecule is Cc1ccc(C2N3CCN(Cc4ccc(Cl)nc4)C3C([N+](=O)[O-])C(c3ccco3)C2(C#N)C#N)c(F)c1. The van der Waals surface area contributed by atoms with Crippen molar-refractivity contribution < 1.29 is 13.7 Å². The van der Waals surface area contributed by atoms with Gasteiger partial charge in [-0.1, -0.05) is 29.8 Å². The molecule has 0 amide bonds. The number of furan rings is 1. The number of hydrogen-bond acceptors (Lipinski definition) is 8. The molecule has 2 saturated heterocycles. The largest absolute Gasteiger partial charge is 0.469 e.